The second kappa shape index (κ2) is 7.58. The van der Waals surface area contributed by atoms with Crippen molar-refractivity contribution in [3.63, 3.8) is 0 Å². The zero-order chi connectivity index (χ0) is 10.1. The summed E-state index contributed by atoms with van der Waals surface area (Å²) in [4.78, 5) is 2.24. The highest BCUT2D eigenvalue weighted by Gasteiger charge is 2.07. The molecule has 3 nitrogen and oxygen atoms in total. The monoisotopic (exact) mass is 179 g/mol. The van der Waals surface area contributed by atoms with Gasteiger partial charge in [0.2, 0.25) is 0 Å². The maximum absolute atomic E-state index is 8.44. The summed E-state index contributed by atoms with van der Waals surface area (Å²) in [7, 11) is 0. The molecule has 0 aromatic carbocycles. The van der Waals surface area contributed by atoms with Crippen LogP contribution in [0.5, 0.6) is 0 Å². The van der Waals surface area contributed by atoms with Crippen LogP contribution in [0.4, 0.5) is 0 Å². The van der Waals surface area contributed by atoms with Gasteiger partial charge in [-0.1, -0.05) is 0 Å². The van der Waals surface area contributed by atoms with E-state index in [4.69, 9.17) is 10.5 Å². The van der Waals surface area contributed by atoms with E-state index in [1.165, 1.54) is 0 Å². The summed E-state index contributed by atoms with van der Waals surface area (Å²) in [6.45, 7) is 5.97. The van der Waals surface area contributed by atoms with Crippen molar-refractivity contribution in [1.29, 1.82) is 10.5 Å². The zero-order valence-corrected chi connectivity index (χ0v) is 8.45. The fourth-order valence-electron chi connectivity index (χ4n) is 1.18. The van der Waals surface area contributed by atoms with E-state index < -0.39 is 0 Å². The lowest BCUT2D eigenvalue weighted by Gasteiger charge is -2.24. The molecule has 0 unspecified atom stereocenters. The highest BCUT2D eigenvalue weighted by Crippen LogP contribution is 2.02. The zero-order valence-electron chi connectivity index (χ0n) is 8.45. The first-order valence-electron chi connectivity index (χ1n) is 4.70. The van der Waals surface area contributed by atoms with E-state index in [0.717, 1.165) is 19.5 Å². The molecule has 0 rings (SSSR count). The van der Waals surface area contributed by atoms with Gasteiger partial charge < -0.3 is 0 Å². The first-order chi connectivity index (χ1) is 6.22. The van der Waals surface area contributed by atoms with E-state index in [2.05, 4.69) is 30.9 Å². The summed E-state index contributed by atoms with van der Waals surface area (Å²) in [5, 5.41) is 16.8. The third-order valence-electron chi connectivity index (χ3n) is 1.98. The fourth-order valence-corrected chi connectivity index (χ4v) is 1.18. The molecule has 0 saturated heterocycles. The summed E-state index contributed by atoms with van der Waals surface area (Å²) in [6.07, 6.45) is 2.08. The largest absolute Gasteiger partial charge is 0.300 e. The van der Waals surface area contributed by atoms with Crippen molar-refractivity contribution in [3.8, 4) is 12.1 Å². The summed E-state index contributed by atoms with van der Waals surface area (Å²) in [5.74, 6) is 0. The minimum Gasteiger partial charge on any atom is -0.300 e. The SMILES string of the molecule is CC(C)N(CCC#N)CCCC#N. The minimum atomic E-state index is 0.465. The molecule has 0 aromatic rings. The molecule has 0 aliphatic heterocycles. The number of nitrogens with zero attached hydrogens (tertiary/aromatic N) is 3. The van der Waals surface area contributed by atoms with Crippen LogP contribution in [0.25, 0.3) is 0 Å². The van der Waals surface area contributed by atoms with Crippen molar-refractivity contribution in [2.45, 2.75) is 39.2 Å². The Hall–Kier alpha value is -1.06. The molecular formula is C10H17N3. The average Bonchev–Trinajstić information content (AvgIpc) is 2.10. The number of rotatable bonds is 6. The van der Waals surface area contributed by atoms with Gasteiger partial charge in [0.25, 0.3) is 0 Å². The van der Waals surface area contributed by atoms with Gasteiger partial charge in [-0.2, -0.15) is 10.5 Å². The number of nitriles is 2. The van der Waals surface area contributed by atoms with Gasteiger partial charge in [-0.25, -0.2) is 0 Å². The molecule has 72 valence electrons. The van der Waals surface area contributed by atoms with E-state index in [1.54, 1.807) is 0 Å². The van der Waals surface area contributed by atoms with Crippen LogP contribution in [0.15, 0.2) is 0 Å². The van der Waals surface area contributed by atoms with Gasteiger partial charge in [0, 0.05) is 25.4 Å². The van der Waals surface area contributed by atoms with Crippen molar-refractivity contribution in [3.05, 3.63) is 0 Å². The van der Waals surface area contributed by atoms with Gasteiger partial charge in [0.1, 0.15) is 0 Å². The van der Waals surface area contributed by atoms with Crippen LogP contribution in [-0.2, 0) is 0 Å². The number of unbranched alkanes of at least 4 members (excludes halogenated alkanes) is 1. The Morgan fingerprint density at radius 1 is 1.08 bits per heavy atom. The van der Waals surface area contributed by atoms with Crippen LogP contribution in [-0.4, -0.2) is 24.0 Å². The summed E-state index contributed by atoms with van der Waals surface area (Å²) in [5.41, 5.74) is 0. The molecule has 13 heavy (non-hydrogen) atoms. The van der Waals surface area contributed by atoms with Crippen LogP contribution >= 0.6 is 0 Å². The molecule has 0 fully saturated rings. The summed E-state index contributed by atoms with van der Waals surface area (Å²) in [6, 6.07) is 4.73. The van der Waals surface area contributed by atoms with E-state index in [1.807, 2.05) is 0 Å². The van der Waals surface area contributed by atoms with Crippen molar-refractivity contribution in [2.24, 2.45) is 0 Å². The number of hydrogen-bond acceptors (Lipinski definition) is 3. The Balaban J connectivity index is 3.70. The minimum absolute atomic E-state index is 0.465. The lowest BCUT2D eigenvalue weighted by molar-refractivity contribution is 0.225. The smallest absolute Gasteiger partial charge is 0.0635 e. The molecule has 0 atom stereocenters. The average molecular weight is 179 g/mol. The van der Waals surface area contributed by atoms with Gasteiger partial charge in [-0.3, -0.25) is 4.90 Å². The molecule has 0 aromatic heterocycles. The van der Waals surface area contributed by atoms with E-state index in [0.29, 0.717) is 18.9 Å². The van der Waals surface area contributed by atoms with Crippen LogP contribution in [0.3, 0.4) is 0 Å². The Morgan fingerprint density at radius 3 is 2.15 bits per heavy atom. The van der Waals surface area contributed by atoms with Crippen LogP contribution in [0, 0.1) is 22.7 Å². The van der Waals surface area contributed by atoms with Gasteiger partial charge in [0.05, 0.1) is 12.1 Å². The van der Waals surface area contributed by atoms with E-state index in [-0.39, 0.29) is 0 Å². The lowest BCUT2D eigenvalue weighted by atomic mass is 10.2. The summed E-state index contributed by atoms with van der Waals surface area (Å²) >= 11 is 0. The molecule has 0 bridgehead atoms. The van der Waals surface area contributed by atoms with Crippen molar-refractivity contribution < 1.29 is 0 Å². The van der Waals surface area contributed by atoms with Gasteiger partial charge in [0.15, 0.2) is 0 Å². The molecule has 0 saturated carbocycles. The Kier molecular flexibility index (Phi) is 6.96. The quantitative estimate of drug-likeness (QED) is 0.585. The van der Waals surface area contributed by atoms with Gasteiger partial charge in [-0.05, 0) is 26.8 Å². The second-order valence-electron chi connectivity index (χ2n) is 3.30. The molecule has 0 aliphatic carbocycles. The molecule has 0 amide bonds. The molecule has 0 heterocycles. The van der Waals surface area contributed by atoms with E-state index in [9.17, 15) is 0 Å². The molecule has 0 aliphatic rings. The van der Waals surface area contributed by atoms with Crippen molar-refractivity contribution in [1.82, 2.24) is 4.90 Å². The van der Waals surface area contributed by atoms with E-state index >= 15 is 0 Å². The second-order valence-corrected chi connectivity index (χ2v) is 3.30. The predicted molar refractivity (Wildman–Crippen MR) is 51.8 cm³/mol. The van der Waals surface area contributed by atoms with Crippen molar-refractivity contribution in [2.75, 3.05) is 13.1 Å². The van der Waals surface area contributed by atoms with Crippen LogP contribution in [0.2, 0.25) is 0 Å². The third kappa shape index (κ3) is 6.13. The normalized spacial score (nSPS) is 10.0. The molecule has 0 N–H and O–H groups in total. The predicted octanol–water partition coefficient (Wildman–Crippen LogP) is 1.91. The van der Waals surface area contributed by atoms with Crippen LogP contribution < -0.4 is 0 Å². The standard InChI is InChI=1S/C10H17N3/c1-10(2)13(9-5-7-12)8-4-3-6-11/h10H,3-5,8-9H2,1-2H3. The highest BCUT2D eigenvalue weighted by atomic mass is 15.1. The molecule has 0 radical (unpaired) electrons. The Labute approximate surface area is 80.6 Å². The first kappa shape index (κ1) is 11.9. The van der Waals surface area contributed by atoms with Crippen LogP contribution in [0.1, 0.15) is 33.1 Å². The topological polar surface area (TPSA) is 50.8 Å². The lowest BCUT2D eigenvalue weighted by Crippen LogP contribution is -2.32. The number of hydrogen-bond donors (Lipinski definition) is 0. The Bertz CT molecular complexity index is 197. The maximum Gasteiger partial charge on any atom is 0.0635 e. The highest BCUT2D eigenvalue weighted by molar-refractivity contribution is 4.75. The summed E-state index contributed by atoms with van der Waals surface area (Å²) < 4.78 is 0. The molecular weight excluding hydrogens is 162 g/mol. The molecule has 0 spiro atoms. The maximum atomic E-state index is 8.44. The van der Waals surface area contributed by atoms with Gasteiger partial charge in [-0.15, -0.1) is 0 Å². The first-order valence-corrected chi connectivity index (χ1v) is 4.70. The fraction of sp³-hybridized carbons (Fsp3) is 0.800. The molecule has 3 heteroatoms. The third-order valence-corrected chi connectivity index (χ3v) is 1.98. The van der Waals surface area contributed by atoms with Crippen molar-refractivity contribution >= 4 is 0 Å². The van der Waals surface area contributed by atoms with Gasteiger partial charge >= 0.3 is 0 Å². The Morgan fingerprint density at radius 2 is 1.69 bits per heavy atom.